The number of aliphatic carboxylic acids is 1. The van der Waals surface area contributed by atoms with Gasteiger partial charge in [-0.15, -0.1) is 11.8 Å². The normalized spacial score (nSPS) is 19.0. The first-order valence-electron chi connectivity index (χ1n) is 11.9. The van der Waals surface area contributed by atoms with E-state index >= 15 is 0 Å². The highest BCUT2D eigenvalue weighted by Crippen LogP contribution is 2.46. The summed E-state index contributed by atoms with van der Waals surface area (Å²) in [5, 5.41) is 23.7. The van der Waals surface area contributed by atoms with Crippen molar-refractivity contribution in [3.05, 3.63) is 88.5 Å². The summed E-state index contributed by atoms with van der Waals surface area (Å²) in [6, 6.07) is 19.7. The molecule has 1 fully saturated rings. The highest BCUT2D eigenvalue weighted by atomic mass is 32.2. The number of furan rings is 1. The Labute approximate surface area is 225 Å². The number of benzene rings is 3. The summed E-state index contributed by atoms with van der Waals surface area (Å²) >= 11 is 2.74. The Balaban J connectivity index is 1.24. The number of aliphatic hydroxyl groups excluding tert-OH is 1. The molecule has 2 amide bonds. The van der Waals surface area contributed by atoms with Gasteiger partial charge in [-0.05, 0) is 23.8 Å². The van der Waals surface area contributed by atoms with Crippen LogP contribution in [0.5, 0.6) is 0 Å². The number of hydrogen-bond acceptors (Lipinski definition) is 7. The zero-order chi connectivity index (χ0) is 26.4. The summed E-state index contributed by atoms with van der Waals surface area (Å²) in [6.45, 7) is -0.135. The summed E-state index contributed by atoms with van der Waals surface area (Å²) in [5.74, 6) is -1.49. The van der Waals surface area contributed by atoms with Crippen molar-refractivity contribution in [2.75, 3.05) is 5.75 Å². The van der Waals surface area contributed by atoms with Gasteiger partial charge in [-0.25, -0.2) is 4.79 Å². The molecule has 0 unspecified atom stereocenters. The first kappa shape index (κ1) is 24.6. The molecule has 1 aromatic heterocycles. The van der Waals surface area contributed by atoms with Crippen LogP contribution in [-0.4, -0.2) is 50.1 Å². The van der Waals surface area contributed by atoms with Crippen LogP contribution in [0.2, 0.25) is 0 Å². The number of para-hydroxylation sites is 1. The number of rotatable bonds is 7. The quantitative estimate of drug-likeness (QED) is 0.296. The van der Waals surface area contributed by atoms with Gasteiger partial charge in [0.05, 0.1) is 13.0 Å². The molecule has 6 rings (SSSR count). The van der Waals surface area contributed by atoms with Crippen molar-refractivity contribution >= 4 is 63.2 Å². The Morgan fingerprint density at radius 2 is 1.89 bits per heavy atom. The smallest absolute Gasteiger partial charge is 0.353 e. The molecular weight excluding hydrogens is 524 g/mol. The molecule has 0 bridgehead atoms. The van der Waals surface area contributed by atoms with E-state index in [0.717, 1.165) is 21.2 Å². The van der Waals surface area contributed by atoms with Crippen LogP contribution in [0.3, 0.4) is 0 Å². The third-order valence-electron chi connectivity index (χ3n) is 6.62. The van der Waals surface area contributed by atoms with Gasteiger partial charge in [0.25, 0.3) is 5.91 Å². The van der Waals surface area contributed by atoms with E-state index in [-0.39, 0.29) is 24.6 Å². The van der Waals surface area contributed by atoms with E-state index < -0.39 is 23.3 Å². The van der Waals surface area contributed by atoms with Gasteiger partial charge in [-0.3, -0.25) is 14.5 Å². The molecule has 8 nitrogen and oxygen atoms in total. The van der Waals surface area contributed by atoms with Gasteiger partial charge in [0.15, 0.2) is 0 Å². The average Bonchev–Trinajstić information content (AvgIpc) is 3.30. The van der Waals surface area contributed by atoms with Crippen LogP contribution in [0, 0.1) is 0 Å². The standard InChI is InChI=1S/C28H22N2O6S2/c31-13-16-7-4-8-18-19-12-17(9-10-20(19)36-25(16)18)38-21-14-37-27-23(26(33)30(27)24(21)28(34)35)29-22(32)11-15-5-2-1-3-6-15/h1-10,12,23,27,31H,11,13-14H2,(H,29,32)(H,34,35)/t23-,27+/m1/s1. The van der Waals surface area contributed by atoms with Crippen molar-refractivity contribution in [2.45, 2.75) is 29.3 Å². The minimum absolute atomic E-state index is 0.0444. The maximum Gasteiger partial charge on any atom is 0.353 e. The maximum atomic E-state index is 13.0. The number of aliphatic hydroxyl groups is 1. The first-order valence-corrected chi connectivity index (χ1v) is 13.8. The van der Waals surface area contributed by atoms with Gasteiger partial charge >= 0.3 is 5.97 Å². The Morgan fingerprint density at radius 1 is 1.08 bits per heavy atom. The fraction of sp³-hybridized carbons (Fsp3) is 0.179. The van der Waals surface area contributed by atoms with Crippen molar-refractivity contribution in [2.24, 2.45) is 0 Å². The first-order chi connectivity index (χ1) is 18.4. The highest BCUT2D eigenvalue weighted by molar-refractivity contribution is 8.06. The number of thioether (sulfide) groups is 2. The fourth-order valence-electron chi connectivity index (χ4n) is 4.84. The number of nitrogens with one attached hydrogen (secondary N) is 1. The topological polar surface area (TPSA) is 120 Å². The third-order valence-corrected chi connectivity index (χ3v) is 9.16. The monoisotopic (exact) mass is 546 g/mol. The summed E-state index contributed by atoms with van der Waals surface area (Å²) in [4.78, 5) is 40.5. The summed E-state index contributed by atoms with van der Waals surface area (Å²) in [5.41, 5.74) is 2.78. The number of β-lactam (4-membered cyclic amide) rings is 1. The van der Waals surface area contributed by atoms with Crippen molar-refractivity contribution in [3.8, 4) is 0 Å². The maximum absolute atomic E-state index is 13.0. The van der Waals surface area contributed by atoms with E-state index in [1.165, 1.54) is 28.4 Å². The molecule has 0 aliphatic carbocycles. The number of carboxylic acids is 1. The van der Waals surface area contributed by atoms with Crippen LogP contribution < -0.4 is 5.32 Å². The number of carbonyl (C=O) groups excluding carboxylic acids is 2. The molecule has 3 N–H and O–H groups in total. The van der Waals surface area contributed by atoms with Gasteiger partial charge < -0.3 is 19.9 Å². The largest absolute Gasteiger partial charge is 0.477 e. The average molecular weight is 547 g/mol. The van der Waals surface area contributed by atoms with Gasteiger partial charge in [0.1, 0.15) is 28.3 Å². The lowest BCUT2D eigenvalue weighted by atomic mass is 10.0. The number of hydrogen-bond donors (Lipinski definition) is 3. The lowest BCUT2D eigenvalue weighted by Gasteiger charge is -2.49. The van der Waals surface area contributed by atoms with Gasteiger partial charge in [0, 0.05) is 31.9 Å². The van der Waals surface area contributed by atoms with Crippen molar-refractivity contribution in [1.29, 1.82) is 0 Å². The van der Waals surface area contributed by atoms with E-state index in [1.54, 1.807) is 6.07 Å². The predicted molar refractivity (Wildman–Crippen MR) is 145 cm³/mol. The van der Waals surface area contributed by atoms with Crippen LogP contribution in [0.1, 0.15) is 11.1 Å². The zero-order valence-corrected chi connectivity index (χ0v) is 21.6. The molecule has 0 radical (unpaired) electrons. The molecule has 192 valence electrons. The van der Waals surface area contributed by atoms with Gasteiger partial charge in [-0.1, -0.05) is 60.3 Å². The second-order valence-electron chi connectivity index (χ2n) is 9.01. The summed E-state index contributed by atoms with van der Waals surface area (Å²) in [7, 11) is 0. The lowest BCUT2D eigenvalue weighted by molar-refractivity contribution is -0.150. The van der Waals surface area contributed by atoms with Crippen molar-refractivity contribution in [3.63, 3.8) is 0 Å². The van der Waals surface area contributed by atoms with Crippen LogP contribution in [0.15, 0.2) is 86.6 Å². The molecule has 4 aromatic rings. The molecule has 2 aliphatic heterocycles. The molecule has 3 heterocycles. The molecule has 2 atom stereocenters. The second-order valence-corrected chi connectivity index (χ2v) is 11.3. The molecule has 0 saturated carbocycles. The number of carboxylic acid groups (broad SMARTS) is 1. The van der Waals surface area contributed by atoms with Crippen LogP contribution in [0.25, 0.3) is 21.9 Å². The van der Waals surface area contributed by atoms with Gasteiger partial charge in [-0.2, -0.15) is 0 Å². The highest BCUT2D eigenvalue weighted by Gasteiger charge is 2.54. The summed E-state index contributed by atoms with van der Waals surface area (Å²) in [6.07, 6.45) is 0.149. The molecule has 3 aromatic carbocycles. The molecule has 1 saturated heterocycles. The van der Waals surface area contributed by atoms with E-state index in [1.807, 2.05) is 60.7 Å². The van der Waals surface area contributed by atoms with Crippen molar-refractivity contribution < 1.29 is 29.0 Å². The van der Waals surface area contributed by atoms with Crippen LogP contribution in [-0.2, 0) is 27.4 Å². The van der Waals surface area contributed by atoms with E-state index in [4.69, 9.17) is 4.42 Å². The minimum Gasteiger partial charge on any atom is -0.477 e. The number of fused-ring (bicyclic) bond motifs is 4. The Kier molecular flexibility index (Phi) is 6.38. The number of nitrogens with zero attached hydrogens (tertiary/aromatic N) is 1. The zero-order valence-electron chi connectivity index (χ0n) is 19.9. The molecule has 2 aliphatic rings. The molecule has 10 heteroatoms. The van der Waals surface area contributed by atoms with E-state index in [0.29, 0.717) is 27.4 Å². The minimum atomic E-state index is -1.18. The molecule has 0 spiro atoms. The third kappa shape index (κ3) is 4.24. The molecular formula is C28H22N2O6S2. The molecule has 38 heavy (non-hydrogen) atoms. The van der Waals surface area contributed by atoms with E-state index in [2.05, 4.69) is 5.32 Å². The Bertz CT molecular complexity index is 1630. The number of carbonyl (C=O) groups is 3. The van der Waals surface area contributed by atoms with E-state index in [9.17, 15) is 24.6 Å². The Morgan fingerprint density at radius 3 is 2.66 bits per heavy atom. The fourth-order valence-corrected chi connectivity index (χ4v) is 7.35. The van der Waals surface area contributed by atoms with Crippen molar-refractivity contribution in [1.82, 2.24) is 10.2 Å². The van der Waals surface area contributed by atoms with Gasteiger partial charge in [0.2, 0.25) is 5.91 Å². The summed E-state index contributed by atoms with van der Waals surface area (Å²) < 4.78 is 5.95. The number of amides is 2. The lowest BCUT2D eigenvalue weighted by Crippen LogP contribution is -2.70. The van der Waals surface area contributed by atoms with Crippen LogP contribution in [0.4, 0.5) is 0 Å². The predicted octanol–water partition coefficient (Wildman–Crippen LogP) is 4.11. The second kappa shape index (κ2) is 9.86. The Hall–Kier alpha value is -3.73. The SMILES string of the molecule is O=C(Cc1ccccc1)N[C@@H]1C(=O)N2C(C(=O)O)=C(Sc3ccc4oc5c(CO)cccc5c4c3)CS[C@@H]12. The van der Waals surface area contributed by atoms with Crippen LogP contribution >= 0.6 is 23.5 Å².